The van der Waals surface area contributed by atoms with Crippen LogP contribution in [0.5, 0.6) is 0 Å². The van der Waals surface area contributed by atoms with Crippen LogP contribution in [0.15, 0.2) is 71.6 Å². The summed E-state index contributed by atoms with van der Waals surface area (Å²) in [7, 11) is -4.06. The van der Waals surface area contributed by atoms with Crippen LogP contribution in [-0.2, 0) is 14.8 Å². The standard InChI is InChI=1S/C23H20FNO5S/c1-15-7-8-16(2)20(13-15)22(26)14-30-23(27)19-5-3-4-6-21(19)25-31(28,29)18-11-9-17(24)10-12-18/h3-13,25H,14H2,1-2H3. The lowest BCUT2D eigenvalue weighted by Gasteiger charge is -2.12. The molecule has 0 atom stereocenters. The Balaban J connectivity index is 1.76. The van der Waals surface area contributed by atoms with Gasteiger partial charge < -0.3 is 4.74 Å². The third-order valence-electron chi connectivity index (χ3n) is 4.54. The highest BCUT2D eigenvalue weighted by Crippen LogP contribution is 2.21. The van der Waals surface area contributed by atoms with E-state index in [1.54, 1.807) is 25.1 Å². The van der Waals surface area contributed by atoms with Crippen molar-refractivity contribution in [2.45, 2.75) is 18.7 Å². The summed E-state index contributed by atoms with van der Waals surface area (Å²) in [5.41, 5.74) is 2.05. The lowest BCUT2D eigenvalue weighted by Crippen LogP contribution is -2.19. The first-order valence-electron chi connectivity index (χ1n) is 9.32. The monoisotopic (exact) mass is 441 g/mol. The molecule has 0 radical (unpaired) electrons. The van der Waals surface area contributed by atoms with Gasteiger partial charge in [0.1, 0.15) is 5.82 Å². The molecule has 3 aromatic rings. The molecule has 0 saturated heterocycles. The zero-order valence-corrected chi connectivity index (χ0v) is 17.7. The van der Waals surface area contributed by atoms with Crippen LogP contribution in [0.4, 0.5) is 10.1 Å². The van der Waals surface area contributed by atoms with Crippen LogP contribution in [-0.4, -0.2) is 26.8 Å². The number of carbonyl (C=O) groups is 2. The largest absolute Gasteiger partial charge is 0.454 e. The van der Waals surface area contributed by atoms with Gasteiger partial charge in [-0.05, 0) is 61.9 Å². The van der Waals surface area contributed by atoms with Crippen LogP contribution >= 0.6 is 0 Å². The quantitative estimate of drug-likeness (QED) is 0.437. The predicted octanol–water partition coefficient (Wildman–Crippen LogP) is 4.28. The second-order valence-electron chi connectivity index (χ2n) is 6.92. The minimum absolute atomic E-state index is 0.0176. The Morgan fingerprint density at radius 2 is 1.61 bits per heavy atom. The maximum atomic E-state index is 13.1. The number of ketones is 1. The second kappa shape index (κ2) is 9.09. The van der Waals surface area contributed by atoms with E-state index in [0.29, 0.717) is 5.56 Å². The minimum Gasteiger partial charge on any atom is -0.454 e. The van der Waals surface area contributed by atoms with E-state index in [0.717, 1.165) is 35.4 Å². The fourth-order valence-electron chi connectivity index (χ4n) is 2.89. The third kappa shape index (κ3) is 5.35. The molecular weight excluding hydrogens is 421 g/mol. The molecule has 0 amide bonds. The number of carbonyl (C=O) groups excluding carboxylic acids is 2. The number of rotatable bonds is 7. The average molecular weight is 441 g/mol. The number of aryl methyl sites for hydroxylation is 2. The molecule has 1 N–H and O–H groups in total. The van der Waals surface area contributed by atoms with Crippen LogP contribution in [0, 0.1) is 19.7 Å². The molecule has 0 aliphatic rings. The molecule has 0 aliphatic carbocycles. The summed E-state index contributed by atoms with van der Waals surface area (Å²) in [6.07, 6.45) is 0. The summed E-state index contributed by atoms with van der Waals surface area (Å²) >= 11 is 0. The first-order valence-corrected chi connectivity index (χ1v) is 10.8. The Morgan fingerprint density at radius 3 is 2.32 bits per heavy atom. The number of para-hydroxylation sites is 1. The summed E-state index contributed by atoms with van der Waals surface area (Å²) < 4.78 is 45.7. The molecule has 0 spiro atoms. The van der Waals surface area contributed by atoms with E-state index in [4.69, 9.17) is 4.74 Å². The van der Waals surface area contributed by atoms with E-state index < -0.39 is 28.4 Å². The fourth-order valence-corrected chi connectivity index (χ4v) is 3.97. The van der Waals surface area contributed by atoms with Gasteiger partial charge in [0.25, 0.3) is 10.0 Å². The van der Waals surface area contributed by atoms with Crippen molar-refractivity contribution in [3.63, 3.8) is 0 Å². The maximum Gasteiger partial charge on any atom is 0.340 e. The molecule has 3 rings (SSSR count). The summed E-state index contributed by atoms with van der Waals surface area (Å²) in [6, 6.07) is 15.5. The number of ether oxygens (including phenoxy) is 1. The number of nitrogens with one attached hydrogen (secondary N) is 1. The van der Waals surface area contributed by atoms with Gasteiger partial charge in [0, 0.05) is 5.56 Å². The van der Waals surface area contributed by atoms with Gasteiger partial charge in [0.05, 0.1) is 16.1 Å². The smallest absolute Gasteiger partial charge is 0.340 e. The van der Waals surface area contributed by atoms with Crippen molar-refractivity contribution in [2.24, 2.45) is 0 Å². The SMILES string of the molecule is Cc1ccc(C)c(C(=O)COC(=O)c2ccccc2NS(=O)(=O)c2ccc(F)cc2)c1. The van der Waals surface area contributed by atoms with Gasteiger partial charge in [-0.25, -0.2) is 17.6 Å². The molecule has 3 aromatic carbocycles. The number of anilines is 1. The van der Waals surface area contributed by atoms with E-state index in [2.05, 4.69) is 4.72 Å². The van der Waals surface area contributed by atoms with Crippen molar-refractivity contribution in [1.82, 2.24) is 0 Å². The molecule has 31 heavy (non-hydrogen) atoms. The first-order chi connectivity index (χ1) is 14.7. The highest BCUT2D eigenvalue weighted by atomic mass is 32.2. The number of benzene rings is 3. The Morgan fingerprint density at radius 1 is 0.935 bits per heavy atom. The molecule has 160 valence electrons. The molecule has 0 bridgehead atoms. The van der Waals surface area contributed by atoms with Gasteiger partial charge in [-0.2, -0.15) is 0 Å². The van der Waals surface area contributed by atoms with E-state index in [1.807, 2.05) is 19.1 Å². The number of hydrogen-bond acceptors (Lipinski definition) is 5. The zero-order chi connectivity index (χ0) is 22.6. The van der Waals surface area contributed by atoms with Gasteiger partial charge in [-0.3, -0.25) is 9.52 Å². The van der Waals surface area contributed by atoms with Crippen molar-refractivity contribution < 1.29 is 27.1 Å². The molecule has 8 heteroatoms. The summed E-state index contributed by atoms with van der Waals surface area (Å²) in [5.74, 6) is -1.79. The van der Waals surface area contributed by atoms with E-state index in [-0.39, 0.29) is 21.9 Å². The van der Waals surface area contributed by atoms with Crippen LogP contribution in [0.1, 0.15) is 31.8 Å². The Bertz CT molecular complexity index is 1240. The van der Waals surface area contributed by atoms with Gasteiger partial charge >= 0.3 is 5.97 Å². The normalized spacial score (nSPS) is 11.1. The van der Waals surface area contributed by atoms with E-state index >= 15 is 0 Å². The molecule has 0 aromatic heterocycles. The topological polar surface area (TPSA) is 89.5 Å². The number of Topliss-reactive ketones (excluding diaryl/α,β-unsaturated/α-hetero) is 1. The Labute approximate surface area is 179 Å². The highest BCUT2D eigenvalue weighted by molar-refractivity contribution is 7.92. The molecule has 0 heterocycles. The molecular formula is C23H20FNO5S. The molecule has 6 nitrogen and oxygen atoms in total. The maximum absolute atomic E-state index is 13.1. The van der Waals surface area contributed by atoms with Crippen LogP contribution < -0.4 is 4.72 Å². The van der Waals surface area contributed by atoms with Gasteiger partial charge in [0.15, 0.2) is 6.61 Å². The van der Waals surface area contributed by atoms with E-state index in [1.165, 1.54) is 12.1 Å². The van der Waals surface area contributed by atoms with Crippen molar-refractivity contribution in [3.8, 4) is 0 Å². The highest BCUT2D eigenvalue weighted by Gasteiger charge is 2.20. The minimum atomic E-state index is -4.06. The van der Waals surface area contributed by atoms with Gasteiger partial charge in [0.2, 0.25) is 5.78 Å². The molecule has 0 saturated carbocycles. The second-order valence-corrected chi connectivity index (χ2v) is 8.61. The Hall–Kier alpha value is -3.52. The number of hydrogen-bond donors (Lipinski definition) is 1. The van der Waals surface area contributed by atoms with Crippen molar-refractivity contribution in [1.29, 1.82) is 0 Å². The molecule has 0 aliphatic heterocycles. The number of halogens is 1. The van der Waals surface area contributed by atoms with Gasteiger partial charge in [-0.15, -0.1) is 0 Å². The lowest BCUT2D eigenvalue weighted by atomic mass is 10.0. The molecule has 0 unspecified atom stereocenters. The van der Waals surface area contributed by atoms with Crippen molar-refractivity contribution >= 4 is 27.5 Å². The van der Waals surface area contributed by atoms with Crippen molar-refractivity contribution in [3.05, 3.63) is 94.8 Å². The van der Waals surface area contributed by atoms with Crippen LogP contribution in [0.3, 0.4) is 0 Å². The summed E-state index contributed by atoms with van der Waals surface area (Å²) in [6.45, 7) is 3.15. The summed E-state index contributed by atoms with van der Waals surface area (Å²) in [5, 5.41) is 0. The average Bonchev–Trinajstić information content (AvgIpc) is 2.74. The predicted molar refractivity (Wildman–Crippen MR) is 114 cm³/mol. The summed E-state index contributed by atoms with van der Waals surface area (Å²) in [4.78, 5) is 24.9. The fraction of sp³-hybridized carbons (Fsp3) is 0.130. The van der Waals surface area contributed by atoms with Crippen LogP contribution in [0.25, 0.3) is 0 Å². The Kier molecular flexibility index (Phi) is 6.50. The van der Waals surface area contributed by atoms with Crippen LogP contribution in [0.2, 0.25) is 0 Å². The molecule has 0 fully saturated rings. The number of esters is 1. The van der Waals surface area contributed by atoms with E-state index in [9.17, 15) is 22.4 Å². The first kappa shape index (κ1) is 22.2. The van der Waals surface area contributed by atoms with Crippen molar-refractivity contribution in [2.75, 3.05) is 11.3 Å². The zero-order valence-electron chi connectivity index (χ0n) is 16.9. The lowest BCUT2D eigenvalue weighted by molar-refractivity contribution is 0.0475. The third-order valence-corrected chi connectivity index (χ3v) is 5.92. The van der Waals surface area contributed by atoms with Gasteiger partial charge in [-0.1, -0.05) is 29.8 Å². The number of sulfonamides is 1.